The molecule has 1 heterocycles. The van der Waals surface area contributed by atoms with Crippen molar-refractivity contribution in [1.82, 2.24) is 5.32 Å². The van der Waals surface area contributed by atoms with Gasteiger partial charge < -0.3 is 19.3 Å². The maximum absolute atomic E-state index is 13.7. The molecular formula is C15H22FN2O3P. The van der Waals surface area contributed by atoms with Crippen LogP contribution in [0.1, 0.15) is 19.4 Å². The van der Waals surface area contributed by atoms with Crippen LogP contribution in [-0.4, -0.2) is 33.4 Å². The maximum atomic E-state index is 13.7. The summed E-state index contributed by atoms with van der Waals surface area (Å²) in [5.41, 5.74) is 2.10. The third kappa shape index (κ3) is 3.88. The first-order valence-corrected chi connectivity index (χ1v) is 8.97. The zero-order valence-corrected chi connectivity index (χ0v) is 14.0. The van der Waals surface area contributed by atoms with Gasteiger partial charge in [0.15, 0.2) is 0 Å². The minimum atomic E-state index is -3.36. The van der Waals surface area contributed by atoms with Crippen LogP contribution >= 0.6 is 7.60 Å². The number of likely N-dealkylation sites (N-methyl/N-ethyl adjacent to an activating group) is 1. The first kappa shape index (κ1) is 17.0. The number of hydrogen-bond donors (Lipinski definition) is 1. The molecule has 1 aromatic rings. The zero-order valence-electron chi connectivity index (χ0n) is 13.1. The third-order valence-corrected chi connectivity index (χ3v) is 5.14. The van der Waals surface area contributed by atoms with Crippen LogP contribution in [0.2, 0.25) is 0 Å². The summed E-state index contributed by atoms with van der Waals surface area (Å²) in [6, 6.07) is 4.57. The van der Waals surface area contributed by atoms with Gasteiger partial charge in [0.2, 0.25) is 0 Å². The number of rotatable bonds is 5. The van der Waals surface area contributed by atoms with Gasteiger partial charge in [0.05, 0.1) is 24.7 Å². The van der Waals surface area contributed by atoms with Gasteiger partial charge in [-0.05, 0) is 32.0 Å². The number of fused-ring (bicyclic) bond motifs is 1. The predicted octanol–water partition coefficient (Wildman–Crippen LogP) is 3.43. The Labute approximate surface area is 130 Å². The lowest BCUT2D eigenvalue weighted by atomic mass is 10.1. The molecule has 7 heteroatoms. The zero-order chi connectivity index (χ0) is 16.2. The smallest absolute Gasteiger partial charge is 0.356 e. The highest BCUT2D eigenvalue weighted by molar-refractivity contribution is 7.57. The molecule has 1 N–H and O–H groups in total. The van der Waals surface area contributed by atoms with Gasteiger partial charge in [-0.1, -0.05) is 0 Å². The van der Waals surface area contributed by atoms with Crippen molar-refractivity contribution in [3.8, 4) is 0 Å². The van der Waals surface area contributed by atoms with E-state index in [1.807, 2.05) is 11.9 Å². The minimum absolute atomic E-state index is 0.275. The normalized spacial score (nSPS) is 17.1. The lowest BCUT2D eigenvalue weighted by Crippen LogP contribution is -2.24. The Hall–Kier alpha value is -1.36. The van der Waals surface area contributed by atoms with Gasteiger partial charge in [-0.15, -0.1) is 0 Å². The fourth-order valence-electron chi connectivity index (χ4n) is 2.38. The fraction of sp³-hybridized carbons (Fsp3) is 0.467. The van der Waals surface area contributed by atoms with Crippen LogP contribution in [0.3, 0.4) is 0 Å². The van der Waals surface area contributed by atoms with E-state index in [9.17, 15) is 8.96 Å². The van der Waals surface area contributed by atoms with Crippen molar-refractivity contribution >= 4 is 19.0 Å². The molecule has 0 spiro atoms. The average Bonchev–Trinajstić information content (AvgIpc) is 2.59. The van der Waals surface area contributed by atoms with Gasteiger partial charge in [0, 0.05) is 31.4 Å². The Bertz CT molecular complexity index is 596. The van der Waals surface area contributed by atoms with Gasteiger partial charge in [0.25, 0.3) is 0 Å². The molecule has 0 radical (unpaired) electrons. The summed E-state index contributed by atoms with van der Waals surface area (Å²) in [6.45, 7) is 5.46. The van der Waals surface area contributed by atoms with E-state index in [1.165, 1.54) is 17.9 Å². The standard InChI is InChI=1S/C15H22FN2O3P/c1-4-20-22(19,21-5-2)11-14-13-10-12(16)6-7-15(13)18(3)9-8-17-14/h6-7,10-11,17H,4-5,8-9H2,1-3H3. The molecule has 1 aromatic carbocycles. The van der Waals surface area contributed by atoms with Crippen LogP contribution in [0.15, 0.2) is 24.0 Å². The second kappa shape index (κ2) is 7.27. The van der Waals surface area contributed by atoms with Crippen LogP contribution < -0.4 is 10.2 Å². The first-order valence-electron chi connectivity index (χ1n) is 7.35. The molecule has 0 amide bonds. The molecule has 5 nitrogen and oxygen atoms in total. The summed E-state index contributed by atoms with van der Waals surface area (Å²) >= 11 is 0. The van der Waals surface area contributed by atoms with Crippen LogP contribution in [0, 0.1) is 5.82 Å². The first-order chi connectivity index (χ1) is 10.5. The van der Waals surface area contributed by atoms with Crippen LogP contribution in [0.25, 0.3) is 5.70 Å². The number of nitrogens with one attached hydrogen (secondary N) is 1. The number of nitrogens with zero attached hydrogens (tertiary/aromatic N) is 1. The molecule has 1 aliphatic heterocycles. The van der Waals surface area contributed by atoms with Crippen LogP contribution in [-0.2, 0) is 13.6 Å². The molecule has 1 aliphatic rings. The Balaban J connectivity index is 2.50. The van der Waals surface area contributed by atoms with E-state index in [2.05, 4.69) is 5.32 Å². The van der Waals surface area contributed by atoms with Crippen molar-refractivity contribution in [2.24, 2.45) is 0 Å². The Kier molecular flexibility index (Phi) is 5.62. The average molecular weight is 328 g/mol. The van der Waals surface area contributed by atoms with Crippen molar-refractivity contribution in [2.75, 3.05) is 38.3 Å². The summed E-state index contributed by atoms with van der Waals surface area (Å²) in [5.74, 6) is 1.11. The lowest BCUT2D eigenvalue weighted by Gasteiger charge is -2.19. The van der Waals surface area contributed by atoms with E-state index >= 15 is 0 Å². The van der Waals surface area contributed by atoms with E-state index in [0.29, 0.717) is 17.8 Å². The third-order valence-electron chi connectivity index (χ3n) is 3.33. The van der Waals surface area contributed by atoms with E-state index < -0.39 is 7.60 Å². The van der Waals surface area contributed by atoms with Crippen molar-refractivity contribution in [2.45, 2.75) is 13.8 Å². The Morgan fingerprint density at radius 1 is 1.36 bits per heavy atom. The summed E-state index contributed by atoms with van der Waals surface area (Å²) < 4.78 is 36.9. The van der Waals surface area contributed by atoms with Gasteiger partial charge in [0.1, 0.15) is 5.82 Å². The SMILES string of the molecule is CCOP(=O)(C=C1NCCN(C)c2ccc(F)cc21)OCC. The molecule has 0 fully saturated rings. The highest BCUT2D eigenvalue weighted by Crippen LogP contribution is 2.51. The molecule has 0 bridgehead atoms. The van der Waals surface area contributed by atoms with Crippen LogP contribution in [0.5, 0.6) is 0 Å². The van der Waals surface area contributed by atoms with Gasteiger partial charge in [-0.3, -0.25) is 4.57 Å². The van der Waals surface area contributed by atoms with Gasteiger partial charge in [-0.2, -0.15) is 0 Å². The largest absolute Gasteiger partial charge is 0.382 e. The maximum Gasteiger partial charge on any atom is 0.356 e. The van der Waals surface area contributed by atoms with Crippen LogP contribution in [0.4, 0.5) is 10.1 Å². The summed E-state index contributed by atoms with van der Waals surface area (Å²) in [7, 11) is -1.43. The molecule has 0 atom stereocenters. The van der Waals surface area contributed by atoms with E-state index in [0.717, 1.165) is 12.2 Å². The Morgan fingerprint density at radius 2 is 2.05 bits per heavy atom. The molecule has 0 aromatic heterocycles. The quantitative estimate of drug-likeness (QED) is 0.839. The summed E-state index contributed by atoms with van der Waals surface area (Å²) in [4.78, 5) is 2.02. The molecule has 0 aliphatic carbocycles. The van der Waals surface area contributed by atoms with Crippen molar-refractivity contribution in [1.29, 1.82) is 0 Å². The molecular weight excluding hydrogens is 306 g/mol. The second-order valence-electron chi connectivity index (χ2n) is 4.93. The molecule has 122 valence electrons. The number of halogens is 1. The number of benzene rings is 1. The van der Waals surface area contributed by atoms with E-state index in [-0.39, 0.29) is 19.0 Å². The number of anilines is 1. The molecule has 22 heavy (non-hydrogen) atoms. The predicted molar refractivity (Wildman–Crippen MR) is 86.5 cm³/mol. The molecule has 0 saturated heterocycles. The summed E-state index contributed by atoms with van der Waals surface area (Å²) in [6.07, 6.45) is 0. The molecule has 0 unspecified atom stereocenters. The minimum Gasteiger partial charge on any atom is -0.382 e. The van der Waals surface area contributed by atoms with Crippen molar-refractivity contribution in [3.05, 3.63) is 35.4 Å². The van der Waals surface area contributed by atoms with Gasteiger partial charge in [-0.25, -0.2) is 4.39 Å². The van der Waals surface area contributed by atoms with E-state index in [1.54, 1.807) is 19.9 Å². The summed E-state index contributed by atoms with van der Waals surface area (Å²) in [5, 5.41) is 3.19. The van der Waals surface area contributed by atoms with Crippen molar-refractivity contribution < 1.29 is 18.0 Å². The van der Waals surface area contributed by atoms with Gasteiger partial charge >= 0.3 is 7.60 Å². The molecule has 0 saturated carbocycles. The fourth-order valence-corrected chi connectivity index (χ4v) is 3.87. The topological polar surface area (TPSA) is 50.8 Å². The van der Waals surface area contributed by atoms with E-state index in [4.69, 9.17) is 9.05 Å². The highest BCUT2D eigenvalue weighted by atomic mass is 31.2. The number of hydrogen-bond acceptors (Lipinski definition) is 5. The second-order valence-corrected chi connectivity index (χ2v) is 6.78. The highest BCUT2D eigenvalue weighted by Gasteiger charge is 2.25. The molecule has 2 rings (SSSR count). The lowest BCUT2D eigenvalue weighted by molar-refractivity contribution is 0.229. The van der Waals surface area contributed by atoms with Crippen molar-refractivity contribution in [3.63, 3.8) is 0 Å². The monoisotopic (exact) mass is 328 g/mol. The Morgan fingerprint density at radius 3 is 2.68 bits per heavy atom.